The number of hydrogen-bond acceptors (Lipinski definition) is 5. The van der Waals surface area contributed by atoms with E-state index in [0.29, 0.717) is 0 Å². The Morgan fingerprint density at radius 2 is 1.89 bits per heavy atom. The molecule has 0 atom stereocenters. The molecule has 7 nitrogen and oxygen atoms in total. The first-order valence-corrected chi connectivity index (χ1v) is 5.21. The third kappa shape index (κ3) is 3.25. The maximum absolute atomic E-state index is 11.8. The maximum atomic E-state index is 11.8. The van der Waals surface area contributed by atoms with E-state index >= 15 is 0 Å². The third-order valence-corrected chi connectivity index (χ3v) is 2.40. The highest BCUT2D eigenvalue weighted by molar-refractivity contribution is 5.98. The second-order valence-electron chi connectivity index (χ2n) is 4.16. The fourth-order valence-corrected chi connectivity index (χ4v) is 1.17. The van der Waals surface area contributed by atoms with Crippen molar-refractivity contribution >= 4 is 11.8 Å². The molecule has 0 bridgehead atoms. The lowest BCUT2D eigenvalue weighted by Crippen LogP contribution is -2.51. The minimum atomic E-state index is -1.14. The molecule has 1 heterocycles. The van der Waals surface area contributed by atoms with Crippen molar-refractivity contribution in [1.29, 1.82) is 0 Å². The lowest BCUT2D eigenvalue weighted by Gasteiger charge is -2.26. The van der Waals surface area contributed by atoms with Crippen LogP contribution in [0.2, 0.25) is 0 Å². The van der Waals surface area contributed by atoms with Gasteiger partial charge in [-0.1, -0.05) is 0 Å². The van der Waals surface area contributed by atoms with Crippen LogP contribution in [0.25, 0.3) is 0 Å². The van der Waals surface area contributed by atoms with E-state index in [9.17, 15) is 9.59 Å². The summed E-state index contributed by atoms with van der Waals surface area (Å²) in [6.45, 7) is 0.645. The zero-order valence-electron chi connectivity index (χ0n) is 9.88. The summed E-state index contributed by atoms with van der Waals surface area (Å²) in [5.41, 5.74) is 4.17. The minimum Gasteiger partial charge on any atom is -0.394 e. The van der Waals surface area contributed by atoms with Crippen LogP contribution >= 0.6 is 0 Å². The molecule has 0 radical (unpaired) electrons. The van der Waals surface area contributed by atoms with Crippen molar-refractivity contribution in [2.45, 2.75) is 12.5 Å². The fourth-order valence-electron chi connectivity index (χ4n) is 1.17. The summed E-state index contributed by atoms with van der Waals surface area (Å²) >= 11 is 0. The number of nitrogens with zero attached hydrogens (tertiary/aromatic N) is 1. The Kier molecular flexibility index (Phi) is 4.35. The Morgan fingerprint density at radius 3 is 2.39 bits per heavy atom. The van der Waals surface area contributed by atoms with Crippen LogP contribution in [0.15, 0.2) is 18.5 Å². The SMILES string of the molecule is CC(CO)(CO)NC(=O)c1cncc(C(N)=O)c1. The number of amides is 2. The highest BCUT2D eigenvalue weighted by atomic mass is 16.3. The molecular formula is C11H15N3O4. The lowest BCUT2D eigenvalue weighted by atomic mass is 10.0. The van der Waals surface area contributed by atoms with Gasteiger partial charge in [-0.15, -0.1) is 0 Å². The Bertz CT molecular complexity index is 457. The van der Waals surface area contributed by atoms with Crippen LogP contribution in [0.5, 0.6) is 0 Å². The van der Waals surface area contributed by atoms with Crippen LogP contribution in [0.4, 0.5) is 0 Å². The summed E-state index contributed by atoms with van der Waals surface area (Å²) in [7, 11) is 0. The van der Waals surface area contributed by atoms with Crippen LogP contribution in [-0.2, 0) is 0 Å². The highest BCUT2D eigenvalue weighted by Gasteiger charge is 2.25. The lowest BCUT2D eigenvalue weighted by molar-refractivity contribution is 0.0723. The number of hydrogen-bond donors (Lipinski definition) is 4. The monoisotopic (exact) mass is 253 g/mol. The Hall–Kier alpha value is -1.99. The number of aromatic nitrogens is 1. The van der Waals surface area contributed by atoms with Crippen LogP contribution in [0.3, 0.4) is 0 Å². The first-order chi connectivity index (χ1) is 8.41. The molecule has 0 saturated heterocycles. The van der Waals surface area contributed by atoms with Crippen molar-refractivity contribution < 1.29 is 19.8 Å². The smallest absolute Gasteiger partial charge is 0.253 e. The predicted molar refractivity (Wildman–Crippen MR) is 62.8 cm³/mol. The van der Waals surface area contributed by atoms with Crippen LogP contribution in [0.1, 0.15) is 27.6 Å². The molecular weight excluding hydrogens is 238 g/mol. The van der Waals surface area contributed by atoms with E-state index in [4.69, 9.17) is 15.9 Å². The molecule has 0 saturated carbocycles. The van der Waals surface area contributed by atoms with Gasteiger partial charge in [-0.3, -0.25) is 14.6 Å². The van der Waals surface area contributed by atoms with Gasteiger partial charge < -0.3 is 21.3 Å². The normalized spacial score (nSPS) is 11.1. The number of aliphatic hydroxyl groups excluding tert-OH is 2. The summed E-state index contributed by atoms with van der Waals surface area (Å²) in [6.07, 6.45) is 2.51. The van der Waals surface area contributed by atoms with E-state index in [1.165, 1.54) is 25.4 Å². The number of rotatable bonds is 5. The first kappa shape index (κ1) is 14.1. The molecule has 2 amide bonds. The molecule has 5 N–H and O–H groups in total. The number of aliphatic hydroxyl groups is 2. The number of primary amides is 1. The molecule has 0 aliphatic rings. The molecule has 0 unspecified atom stereocenters. The van der Waals surface area contributed by atoms with E-state index in [1.54, 1.807) is 0 Å². The van der Waals surface area contributed by atoms with Crippen molar-refractivity contribution in [3.8, 4) is 0 Å². The van der Waals surface area contributed by atoms with Crippen molar-refractivity contribution in [3.63, 3.8) is 0 Å². The number of carbonyl (C=O) groups is 2. The van der Waals surface area contributed by atoms with E-state index in [1.807, 2.05) is 0 Å². The number of nitrogens with one attached hydrogen (secondary N) is 1. The van der Waals surface area contributed by atoms with E-state index < -0.39 is 30.6 Å². The van der Waals surface area contributed by atoms with Gasteiger partial charge in [0.2, 0.25) is 5.91 Å². The average molecular weight is 253 g/mol. The molecule has 1 rings (SSSR count). The summed E-state index contributed by atoms with van der Waals surface area (Å²) < 4.78 is 0. The number of carbonyl (C=O) groups excluding carboxylic acids is 2. The summed E-state index contributed by atoms with van der Waals surface area (Å²) in [4.78, 5) is 26.5. The topological polar surface area (TPSA) is 126 Å². The van der Waals surface area contributed by atoms with E-state index in [-0.39, 0.29) is 11.1 Å². The van der Waals surface area contributed by atoms with Crippen LogP contribution < -0.4 is 11.1 Å². The number of nitrogens with two attached hydrogens (primary N) is 1. The zero-order chi connectivity index (χ0) is 13.8. The average Bonchev–Trinajstić information content (AvgIpc) is 2.38. The first-order valence-electron chi connectivity index (χ1n) is 5.21. The molecule has 18 heavy (non-hydrogen) atoms. The third-order valence-electron chi connectivity index (χ3n) is 2.40. The second kappa shape index (κ2) is 5.56. The molecule has 0 aromatic carbocycles. The molecule has 0 spiro atoms. The molecule has 0 aliphatic heterocycles. The van der Waals surface area contributed by atoms with Gasteiger partial charge in [0, 0.05) is 12.4 Å². The van der Waals surface area contributed by atoms with E-state index in [2.05, 4.69) is 10.3 Å². The Labute approximate surface area is 104 Å². The van der Waals surface area contributed by atoms with Gasteiger partial charge >= 0.3 is 0 Å². The summed E-state index contributed by atoms with van der Waals surface area (Å²) in [5, 5.41) is 20.6. The molecule has 0 fully saturated rings. The van der Waals surface area contributed by atoms with Gasteiger partial charge in [-0.05, 0) is 13.0 Å². The maximum Gasteiger partial charge on any atom is 0.253 e. The van der Waals surface area contributed by atoms with Gasteiger partial charge in [-0.2, -0.15) is 0 Å². The molecule has 98 valence electrons. The molecule has 0 aliphatic carbocycles. The van der Waals surface area contributed by atoms with Crippen molar-refractivity contribution in [2.24, 2.45) is 5.73 Å². The molecule has 1 aromatic heterocycles. The van der Waals surface area contributed by atoms with Crippen molar-refractivity contribution in [2.75, 3.05) is 13.2 Å². The largest absolute Gasteiger partial charge is 0.394 e. The van der Waals surface area contributed by atoms with E-state index in [0.717, 1.165) is 0 Å². The standard InChI is InChI=1S/C11H15N3O4/c1-11(5-15,6-16)14-10(18)8-2-7(9(12)17)3-13-4-8/h2-4,15-16H,5-6H2,1H3,(H2,12,17)(H,14,18). The predicted octanol–water partition coefficient (Wildman–Crippen LogP) is -1.35. The van der Waals surface area contributed by atoms with Gasteiger partial charge in [0.1, 0.15) is 0 Å². The Morgan fingerprint density at radius 1 is 1.33 bits per heavy atom. The van der Waals surface area contributed by atoms with Crippen LogP contribution in [0, 0.1) is 0 Å². The van der Waals surface area contributed by atoms with Crippen molar-refractivity contribution in [1.82, 2.24) is 10.3 Å². The Balaban J connectivity index is 2.91. The van der Waals surface area contributed by atoms with Gasteiger partial charge in [0.25, 0.3) is 5.91 Å². The second-order valence-corrected chi connectivity index (χ2v) is 4.16. The van der Waals surface area contributed by atoms with Gasteiger partial charge in [0.15, 0.2) is 0 Å². The molecule has 1 aromatic rings. The number of pyridine rings is 1. The quantitative estimate of drug-likeness (QED) is 0.516. The van der Waals surface area contributed by atoms with Crippen molar-refractivity contribution in [3.05, 3.63) is 29.6 Å². The molecule has 7 heteroatoms. The summed E-state index contributed by atoms with van der Waals surface area (Å²) in [5.74, 6) is -1.25. The fraction of sp³-hybridized carbons (Fsp3) is 0.364. The highest BCUT2D eigenvalue weighted by Crippen LogP contribution is 2.06. The summed E-state index contributed by atoms with van der Waals surface area (Å²) in [6, 6.07) is 1.29. The van der Waals surface area contributed by atoms with Gasteiger partial charge in [-0.25, -0.2) is 0 Å². The van der Waals surface area contributed by atoms with Gasteiger partial charge in [0.05, 0.1) is 29.9 Å². The zero-order valence-corrected chi connectivity index (χ0v) is 9.88. The van der Waals surface area contributed by atoms with Crippen LogP contribution in [-0.4, -0.2) is 45.8 Å². The minimum absolute atomic E-state index is 0.109.